The number of aromatic nitrogens is 2. The number of carbonyl (C=O) groups is 6. The largest absolute Gasteiger partial charge is 0.481 e. The molecule has 3 rings (SSSR count). The molecule has 0 radical (unpaired) electrons. The summed E-state index contributed by atoms with van der Waals surface area (Å²) in [4.78, 5) is 76.3. The van der Waals surface area contributed by atoms with Crippen LogP contribution in [-0.4, -0.2) is 82.3 Å². The number of rotatable bonds is 8. The van der Waals surface area contributed by atoms with Gasteiger partial charge in [0.1, 0.15) is 23.1 Å². The molecule has 0 bridgehead atoms. The molecule has 1 aliphatic rings. The minimum absolute atomic E-state index is 0.425. The van der Waals surface area contributed by atoms with E-state index in [1.54, 1.807) is 0 Å². The normalized spacial score (nSPS) is 17.5. The zero-order valence-electron chi connectivity index (χ0n) is 16.0. The molecular formula is C18H13N3O12. The quantitative estimate of drug-likeness (QED) is 0.219. The molecule has 0 spiro atoms. The third-order valence-corrected chi connectivity index (χ3v) is 4.74. The third kappa shape index (κ3) is 3.77. The Labute approximate surface area is 180 Å². The van der Waals surface area contributed by atoms with Gasteiger partial charge in [-0.1, -0.05) is 0 Å². The highest BCUT2D eigenvalue weighted by molar-refractivity contribution is 6.15. The maximum atomic E-state index is 13.1. The van der Waals surface area contributed by atoms with Crippen molar-refractivity contribution in [3.05, 3.63) is 40.3 Å². The first-order chi connectivity index (χ1) is 15.3. The molecule has 0 aliphatic heterocycles. The zero-order chi connectivity index (χ0) is 24.8. The number of aromatic amines is 1. The minimum Gasteiger partial charge on any atom is -0.481 e. The molecular weight excluding hydrogens is 450 g/mol. The molecule has 2 atom stereocenters. The van der Waals surface area contributed by atoms with E-state index in [0.29, 0.717) is 6.07 Å². The van der Waals surface area contributed by atoms with Crippen LogP contribution in [0.4, 0.5) is 0 Å². The highest BCUT2D eigenvalue weighted by atomic mass is 16.4. The van der Waals surface area contributed by atoms with Gasteiger partial charge in [-0.15, -0.1) is 0 Å². The van der Waals surface area contributed by atoms with Crippen LogP contribution in [0.3, 0.4) is 0 Å². The summed E-state index contributed by atoms with van der Waals surface area (Å²) in [5.74, 6) is -9.96. The lowest BCUT2D eigenvalue weighted by atomic mass is 9.82. The first-order valence-corrected chi connectivity index (χ1v) is 8.76. The van der Waals surface area contributed by atoms with E-state index in [1.807, 2.05) is 5.32 Å². The molecule has 2 aromatic rings. The van der Waals surface area contributed by atoms with Crippen LogP contribution in [0.25, 0.3) is 11.3 Å². The Kier molecular flexibility index (Phi) is 5.45. The zero-order valence-corrected chi connectivity index (χ0v) is 16.0. The second kappa shape index (κ2) is 7.81. The van der Waals surface area contributed by atoms with E-state index in [4.69, 9.17) is 5.11 Å². The standard InChI is InChI=1S/C18H13N3O12/c22-9(23)3-8(17(31)32)21-18(33)12-10(4(14(25)26)1-7(20-12)16(29)30)11-5(13(18)24)2-6(19-11)15(27)28/h1-2,8,19,21,33H,3H2,(H,22,23)(H,25,26)(H,27,28)(H,29,30)(H,31,32). The van der Waals surface area contributed by atoms with Gasteiger partial charge in [0.2, 0.25) is 11.5 Å². The molecule has 15 nitrogen and oxygen atoms in total. The highest BCUT2D eigenvalue weighted by Gasteiger charge is 2.51. The average Bonchev–Trinajstić information content (AvgIpc) is 3.16. The first kappa shape index (κ1) is 23.0. The van der Waals surface area contributed by atoms with E-state index in [0.717, 1.165) is 6.07 Å². The van der Waals surface area contributed by atoms with Crippen LogP contribution in [0, 0.1) is 0 Å². The maximum absolute atomic E-state index is 13.1. The van der Waals surface area contributed by atoms with Crippen molar-refractivity contribution in [2.24, 2.45) is 0 Å². The fourth-order valence-electron chi connectivity index (χ4n) is 3.35. The molecule has 0 saturated carbocycles. The van der Waals surface area contributed by atoms with Crippen molar-refractivity contribution >= 4 is 35.6 Å². The van der Waals surface area contributed by atoms with Gasteiger partial charge >= 0.3 is 29.8 Å². The minimum atomic E-state index is -3.23. The second-order valence-corrected chi connectivity index (χ2v) is 6.84. The Morgan fingerprint density at radius 3 is 2.12 bits per heavy atom. The van der Waals surface area contributed by atoms with Gasteiger partial charge in [-0.05, 0) is 12.1 Å². The van der Waals surface area contributed by atoms with E-state index in [1.165, 1.54) is 0 Å². The fourth-order valence-corrected chi connectivity index (χ4v) is 3.35. The van der Waals surface area contributed by atoms with Crippen LogP contribution in [0.2, 0.25) is 0 Å². The Balaban J connectivity index is 2.40. The molecule has 0 saturated heterocycles. The number of carboxylic acid groups (broad SMARTS) is 5. The molecule has 0 fully saturated rings. The van der Waals surface area contributed by atoms with E-state index in [2.05, 4.69) is 9.97 Å². The van der Waals surface area contributed by atoms with Crippen LogP contribution in [0.5, 0.6) is 0 Å². The molecule has 172 valence electrons. The van der Waals surface area contributed by atoms with E-state index in [-0.39, 0.29) is 0 Å². The number of carbonyl (C=O) groups excluding carboxylic acids is 1. The molecule has 8 N–H and O–H groups in total. The van der Waals surface area contributed by atoms with Crippen molar-refractivity contribution in [1.82, 2.24) is 15.3 Å². The SMILES string of the molecule is O=C(O)CC(NC1(O)C(=O)c2cc(C(=O)O)[nH]c2-c2c(C(=O)O)cc(C(=O)O)nc21)C(=O)O. The van der Waals surface area contributed by atoms with Crippen molar-refractivity contribution in [2.75, 3.05) is 0 Å². The molecule has 2 aromatic heterocycles. The summed E-state index contributed by atoms with van der Waals surface area (Å²) in [7, 11) is 0. The smallest absolute Gasteiger partial charge is 0.354 e. The molecule has 1 aliphatic carbocycles. The lowest BCUT2D eigenvalue weighted by Crippen LogP contribution is -2.58. The van der Waals surface area contributed by atoms with Crippen molar-refractivity contribution in [1.29, 1.82) is 0 Å². The van der Waals surface area contributed by atoms with Crippen molar-refractivity contribution in [3.8, 4) is 11.3 Å². The predicted octanol–water partition coefficient (Wildman–Crippen LogP) is -0.970. The van der Waals surface area contributed by atoms with E-state index >= 15 is 0 Å². The number of Topliss-reactive ketones (excluding diaryl/α,β-unsaturated/α-hetero) is 1. The Hall–Kier alpha value is -4.63. The number of nitrogens with zero attached hydrogens (tertiary/aromatic N) is 1. The maximum Gasteiger partial charge on any atom is 0.354 e. The summed E-state index contributed by atoms with van der Waals surface area (Å²) >= 11 is 0. The van der Waals surface area contributed by atoms with E-state index < -0.39 is 93.3 Å². The number of carboxylic acids is 5. The molecule has 33 heavy (non-hydrogen) atoms. The molecule has 15 heteroatoms. The van der Waals surface area contributed by atoms with Gasteiger partial charge in [0.15, 0.2) is 0 Å². The van der Waals surface area contributed by atoms with Crippen molar-refractivity contribution < 1.29 is 59.4 Å². The summed E-state index contributed by atoms with van der Waals surface area (Å²) in [5, 5.41) is 59.5. The van der Waals surface area contributed by atoms with Crippen LogP contribution in [0.15, 0.2) is 12.1 Å². The molecule has 2 heterocycles. The predicted molar refractivity (Wildman–Crippen MR) is 99.9 cm³/mol. The lowest BCUT2D eigenvalue weighted by molar-refractivity contribution is -0.148. The number of aliphatic carboxylic acids is 2. The van der Waals surface area contributed by atoms with Gasteiger partial charge in [0.05, 0.1) is 17.7 Å². The fraction of sp³-hybridized carbons (Fsp3) is 0.167. The van der Waals surface area contributed by atoms with Crippen LogP contribution >= 0.6 is 0 Å². The van der Waals surface area contributed by atoms with Gasteiger partial charge in [-0.3, -0.25) is 19.7 Å². The average molecular weight is 463 g/mol. The third-order valence-electron chi connectivity index (χ3n) is 4.74. The van der Waals surface area contributed by atoms with Gasteiger partial charge in [-0.2, -0.15) is 0 Å². The topological polar surface area (TPSA) is 265 Å². The second-order valence-electron chi connectivity index (χ2n) is 6.84. The number of H-pyrrole nitrogens is 1. The monoisotopic (exact) mass is 463 g/mol. The number of fused-ring (bicyclic) bond motifs is 3. The van der Waals surface area contributed by atoms with Gasteiger partial charge in [-0.25, -0.2) is 19.4 Å². The summed E-state index contributed by atoms with van der Waals surface area (Å²) in [6.45, 7) is 0. The molecule has 0 amide bonds. The number of pyridine rings is 1. The number of hydrogen-bond acceptors (Lipinski definition) is 9. The van der Waals surface area contributed by atoms with Gasteiger partial charge in [0, 0.05) is 11.1 Å². The van der Waals surface area contributed by atoms with Crippen molar-refractivity contribution in [2.45, 2.75) is 18.2 Å². The Morgan fingerprint density at radius 1 is 1.00 bits per heavy atom. The summed E-state index contributed by atoms with van der Waals surface area (Å²) in [6, 6.07) is -0.775. The van der Waals surface area contributed by atoms with Crippen LogP contribution in [0.1, 0.15) is 53.8 Å². The van der Waals surface area contributed by atoms with Gasteiger partial charge < -0.3 is 35.6 Å². The first-order valence-electron chi connectivity index (χ1n) is 8.76. The Bertz CT molecular complexity index is 1260. The number of hydrogen-bond donors (Lipinski definition) is 8. The van der Waals surface area contributed by atoms with Crippen LogP contribution in [-0.2, 0) is 15.3 Å². The summed E-state index contributed by atoms with van der Waals surface area (Å²) in [5.41, 5.74) is -8.16. The molecule has 0 aromatic carbocycles. The van der Waals surface area contributed by atoms with E-state index in [9.17, 15) is 54.3 Å². The number of nitrogens with one attached hydrogen (secondary N) is 2. The van der Waals surface area contributed by atoms with Crippen molar-refractivity contribution in [3.63, 3.8) is 0 Å². The Morgan fingerprint density at radius 2 is 1.64 bits per heavy atom. The lowest BCUT2D eigenvalue weighted by Gasteiger charge is -2.35. The number of ketones is 1. The van der Waals surface area contributed by atoms with Crippen LogP contribution < -0.4 is 5.32 Å². The number of aliphatic hydroxyl groups is 1. The summed E-state index contributed by atoms with van der Waals surface area (Å²) in [6.07, 6.45) is -1.15. The summed E-state index contributed by atoms with van der Waals surface area (Å²) < 4.78 is 0. The number of aromatic carboxylic acids is 3. The highest BCUT2D eigenvalue weighted by Crippen LogP contribution is 2.42. The molecule has 2 unspecified atom stereocenters. The van der Waals surface area contributed by atoms with Gasteiger partial charge in [0.25, 0.3) is 0 Å².